The van der Waals surface area contributed by atoms with Crippen LogP contribution in [0.1, 0.15) is 26.2 Å². The van der Waals surface area contributed by atoms with E-state index in [2.05, 4.69) is 20.1 Å². The average molecular weight is 178 g/mol. The average Bonchev–Trinajstić information content (AvgIpc) is 2.58. The topological polar surface area (TPSA) is 9.23 Å². The third kappa shape index (κ3) is 1.65. The second kappa shape index (κ2) is 3.21. The molecule has 2 fully saturated rings. The Balaban J connectivity index is 2.01. The maximum atomic E-state index is 5.44. The van der Waals surface area contributed by atoms with E-state index in [0.717, 1.165) is 30.6 Å². The standard InChI is InChI=1S/C12H18O/c1-8-4-9(2)12(5-8)11-6-10(3)13-7-11/h9,11-12H,1,3-7H2,2H3. The van der Waals surface area contributed by atoms with Crippen LogP contribution in [-0.2, 0) is 4.74 Å². The van der Waals surface area contributed by atoms with Gasteiger partial charge in [0.1, 0.15) is 0 Å². The lowest BCUT2D eigenvalue weighted by molar-refractivity contribution is 0.196. The molecule has 0 aromatic rings. The molecular weight excluding hydrogens is 160 g/mol. The SMILES string of the molecule is C=C1CC(C)C(C2COC(=C)C2)C1. The summed E-state index contributed by atoms with van der Waals surface area (Å²) in [6.45, 7) is 11.2. The van der Waals surface area contributed by atoms with Gasteiger partial charge in [-0.15, -0.1) is 0 Å². The Morgan fingerprint density at radius 3 is 2.46 bits per heavy atom. The van der Waals surface area contributed by atoms with Gasteiger partial charge >= 0.3 is 0 Å². The molecule has 1 aliphatic heterocycles. The van der Waals surface area contributed by atoms with Gasteiger partial charge in [0.05, 0.1) is 12.4 Å². The fourth-order valence-corrected chi connectivity index (χ4v) is 2.77. The highest BCUT2D eigenvalue weighted by atomic mass is 16.5. The Morgan fingerprint density at radius 2 is 2.00 bits per heavy atom. The fourth-order valence-electron chi connectivity index (χ4n) is 2.77. The van der Waals surface area contributed by atoms with Crippen molar-refractivity contribution in [1.29, 1.82) is 0 Å². The van der Waals surface area contributed by atoms with E-state index < -0.39 is 0 Å². The molecule has 0 N–H and O–H groups in total. The van der Waals surface area contributed by atoms with Crippen LogP contribution >= 0.6 is 0 Å². The lowest BCUT2D eigenvalue weighted by Gasteiger charge is -2.19. The summed E-state index contributed by atoms with van der Waals surface area (Å²) in [5.41, 5.74) is 1.43. The summed E-state index contributed by atoms with van der Waals surface area (Å²) in [6.07, 6.45) is 3.50. The molecule has 0 amide bonds. The minimum atomic E-state index is 0.710. The third-order valence-electron chi connectivity index (χ3n) is 3.46. The van der Waals surface area contributed by atoms with Crippen LogP contribution in [0.3, 0.4) is 0 Å². The highest BCUT2D eigenvalue weighted by Crippen LogP contribution is 2.43. The van der Waals surface area contributed by atoms with Crippen LogP contribution in [0.2, 0.25) is 0 Å². The summed E-state index contributed by atoms with van der Waals surface area (Å²) >= 11 is 0. The smallest absolute Gasteiger partial charge is 0.0912 e. The van der Waals surface area contributed by atoms with Crippen molar-refractivity contribution in [2.75, 3.05) is 6.61 Å². The Hall–Kier alpha value is -0.720. The van der Waals surface area contributed by atoms with Gasteiger partial charge in [-0.05, 0) is 24.7 Å². The predicted molar refractivity (Wildman–Crippen MR) is 54.2 cm³/mol. The molecule has 1 heterocycles. The Labute approximate surface area is 80.5 Å². The van der Waals surface area contributed by atoms with E-state index in [-0.39, 0.29) is 0 Å². The zero-order valence-corrected chi connectivity index (χ0v) is 8.38. The quantitative estimate of drug-likeness (QED) is 0.560. The zero-order chi connectivity index (χ0) is 9.42. The normalized spacial score (nSPS) is 39.6. The first-order chi connectivity index (χ1) is 6.16. The molecule has 0 spiro atoms. The molecule has 13 heavy (non-hydrogen) atoms. The van der Waals surface area contributed by atoms with Crippen LogP contribution in [0.15, 0.2) is 24.5 Å². The Bertz CT molecular complexity index is 242. The van der Waals surface area contributed by atoms with Crippen molar-refractivity contribution in [3.05, 3.63) is 24.5 Å². The second-order valence-corrected chi connectivity index (χ2v) is 4.61. The largest absolute Gasteiger partial charge is 0.498 e. The summed E-state index contributed by atoms with van der Waals surface area (Å²) in [4.78, 5) is 0. The van der Waals surface area contributed by atoms with Gasteiger partial charge in [-0.1, -0.05) is 25.7 Å². The molecule has 72 valence electrons. The zero-order valence-electron chi connectivity index (χ0n) is 8.38. The monoisotopic (exact) mass is 178 g/mol. The van der Waals surface area contributed by atoms with E-state index in [9.17, 15) is 0 Å². The summed E-state index contributed by atoms with van der Waals surface area (Å²) in [5, 5.41) is 0. The summed E-state index contributed by atoms with van der Waals surface area (Å²) in [7, 11) is 0. The van der Waals surface area contributed by atoms with Crippen molar-refractivity contribution < 1.29 is 4.74 Å². The highest BCUT2D eigenvalue weighted by molar-refractivity contribution is 5.08. The van der Waals surface area contributed by atoms with Crippen LogP contribution in [0, 0.1) is 17.8 Å². The summed E-state index contributed by atoms with van der Waals surface area (Å²) in [6, 6.07) is 0. The molecule has 1 aliphatic carbocycles. The van der Waals surface area contributed by atoms with Gasteiger partial charge in [0.15, 0.2) is 0 Å². The lowest BCUT2D eigenvalue weighted by atomic mass is 9.84. The first kappa shape index (κ1) is 8.86. The predicted octanol–water partition coefficient (Wildman–Crippen LogP) is 3.14. The molecule has 2 rings (SSSR count). The Kier molecular flexibility index (Phi) is 2.19. The fraction of sp³-hybridized carbons (Fsp3) is 0.667. The van der Waals surface area contributed by atoms with Gasteiger partial charge in [-0.2, -0.15) is 0 Å². The van der Waals surface area contributed by atoms with Crippen LogP contribution in [0.4, 0.5) is 0 Å². The van der Waals surface area contributed by atoms with Crippen LogP contribution < -0.4 is 0 Å². The van der Waals surface area contributed by atoms with Crippen LogP contribution in [0.25, 0.3) is 0 Å². The number of ether oxygens (including phenoxy) is 1. The molecule has 0 aromatic carbocycles. The number of rotatable bonds is 1. The molecule has 1 saturated heterocycles. The van der Waals surface area contributed by atoms with Crippen molar-refractivity contribution in [3.8, 4) is 0 Å². The number of allylic oxidation sites excluding steroid dienone is 2. The molecule has 0 radical (unpaired) electrons. The van der Waals surface area contributed by atoms with Crippen molar-refractivity contribution >= 4 is 0 Å². The minimum absolute atomic E-state index is 0.710. The highest BCUT2D eigenvalue weighted by Gasteiger charge is 2.35. The lowest BCUT2D eigenvalue weighted by Crippen LogP contribution is -2.16. The van der Waals surface area contributed by atoms with E-state index in [1.54, 1.807) is 0 Å². The van der Waals surface area contributed by atoms with Gasteiger partial charge in [0.2, 0.25) is 0 Å². The summed E-state index contributed by atoms with van der Waals surface area (Å²) in [5.74, 6) is 3.29. The molecule has 3 atom stereocenters. The second-order valence-electron chi connectivity index (χ2n) is 4.61. The minimum Gasteiger partial charge on any atom is -0.498 e. The summed E-state index contributed by atoms with van der Waals surface area (Å²) < 4.78 is 5.44. The first-order valence-electron chi connectivity index (χ1n) is 5.14. The van der Waals surface area contributed by atoms with Gasteiger partial charge in [0, 0.05) is 12.3 Å². The van der Waals surface area contributed by atoms with Gasteiger partial charge in [-0.25, -0.2) is 0 Å². The molecule has 0 aromatic heterocycles. The van der Waals surface area contributed by atoms with E-state index in [1.165, 1.54) is 18.4 Å². The Morgan fingerprint density at radius 1 is 1.23 bits per heavy atom. The van der Waals surface area contributed by atoms with E-state index >= 15 is 0 Å². The van der Waals surface area contributed by atoms with Crippen molar-refractivity contribution in [1.82, 2.24) is 0 Å². The maximum Gasteiger partial charge on any atom is 0.0912 e. The van der Waals surface area contributed by atoms with E-state index in [4.69, 9.17) is 4.74 Å². The van der Waals surface area contributed by atoms with Crippen molar-refractivity contribution in [3.63, 3.8) is 0 Å². The molecule has 0 bridgehead atoms. The number of hydrogen-bond donors (Lipinski definition) is 0. The molecule has 1 nitrogen and oxygen atoms in total. The van der Waals surface area contributed by atoms with E-state index in [0.29, 0.717) is 5.92 Å². The van der Waals surface area contributed by atoms with Gasteiger partial charge in [-0.3, -0.25) is 0 Å². The molecule has 3 unspecified atom stereocenters. The van der Waals surface area contributed by atoms with Crippen LogP contribution in [0.5, 0.6) is 0 Å². The van der Waals surface area contributed by atoms with Gasteiger partial charge < -0.3 is 4.74 Å². The van der Waals surface area contributed by atoms with E-state index in [1.807, 2.05) is 0 Å². The first-order valence-corrected chi connectivity index (χ1v) is 5.14. The molecule has 1 saturated carbocycles. The molecule has 2 aliphatic rings. The third-order valence-corrected chi connectivity index (χ3v) is 3.46. The maximum absolute atomic E-state index is 5.44. The van der Waals surface area contributed by atoms with Crippen molar-refractivity contribution in [2.45, 2.75) is 26.2 Å². The number of hydrogen-bond acceptors (Lipinski definition) is 1. The molecular formula is C12H18O. The van der Waals surface area contributed by atoms with Crippen molar-refractivity contribution in [2.24, 2.45) is 17.8 Å². The molecule has 1 heteroatoms. The van der Waals surface area contributed by atoms with Gasteiger partial charge in [0.25, 0.3) is 0 Å². The van der Waals surface area contributed by atoms with Crippen LogP contribution in [-0.4, -0.2) is 6.61 Å².